The third-order valence-corrected chi connectivity index (χ3v) is 5.42. The second-order valence-corrected chi connectivity index (χ2v) is 7.95. The van der Waals surface area contributed by atoms with Crippen molar-refractivity contribution in [2.45, 2.75) is 43.9 Å². The molecule has 0 spiro atoms. The highest BCUT2D eigenvalue weighted by Crippen LogP contribution is 2.23. The van der Waals surface area contributed by atoms with E-state index in [1.165, 1.54) is 0 Å². The molecule has 1 aromatic heterocycles. The van der Waals surface area contributed by atoms with Gasteiger partial charge in [0.05, 0.1) is 14.6 Å². The van der Waals surface area contributed by atoms with E-state index in [-0.39, 0.29) is 5.41 Å². The van der Waals surface area contributed by atoms with Crippen LogP contribution in [0.15, 0.2) is 27.6 Å². The van der Waals surface area contributed by atoms with Gasteiger partial charge >= 0.3 is 0 Å². The first kappa shape index (κ1) is 12.6. The molecule has 1 aromatic rings. The van der Waals surface area contributed by atoms with Crippen LogP contribution < -0.4 is 0 Å². The average molecular weight is 252 g/mol. The van der Waals surface area contributed by atoms with Gasteiger partial charge in [0.15, 0.2) is 0 Å². The van der Waals surface area contributed by atoms with E-state index in [1.54, 1.807) is 6.20 Å². The highest BCUT2D eigenvalue weighted by atomic mass is 32.2. The van der Waals surface area contributed by atoms with E-state index < -0.39 is 9.73 Å². The van der Waals surface area contributed by atoms with Crippen LogP contribution in [0.5, 0.6) is 0 Å². The van der Waals surface area contributed by atoms with Gasteiger partial charge in [0, 0.05) is 29.6 Å². The van der Waals surface area contributed by atoms with Gasteiger partial charge in [-0.3, -0.25) is 4.98 Å². The molecule has 2 heterocycles. The molecule has 0 N–H and O–H groups in total. The highest BCUT2D eigenvalue weighted by molar-refractivity contribution is 7.93. The Hall–Kier alpha value is -0.900. The summed E-state index contributed by atoms with van der Waals surface area (Å²) >= 11 is 0. The zero-order chi connectivity index (χ0) is 12.5. The molecule has 0 fully saturated rings. The van der Waals surface area contributed by atoms with E-state index in [2.05, 4.69) is 30.1 Å². The summed E-state index contributed by atoms with van der Waals surface area (Å²) in [7, 11) is -2.17. The van der Waals surface area contributed by atoms with Crippen LogP contribution in [0.4, 0.5) is 0 Å². The van der Waals surface area contributed by atoms with Crippen molar-refractivity contribution in [3.63, 3.8) is 0 Å². The second-order valence-electron chi connectivity index (χ2n) is 5.53. The van der Waals surface area contributed by atoms with E-state index in [0.29, 0.717) is 5.75 Å². The molecule has 94 valence electrons. The van der Waals surface area contributed by atoms with Crippen molar-refractivity contribution in [2.75, 3.05) is 12.3 Å². The molecule has 1 aliphatic rings. The van der Waals surface area contributed by atoms with Gasteiger partial charge in [-0.25, -0.2) is 8.57 Å². The van der Waals surface area contributed by atoms with Gasteiger partial charge in [0.25, 0.3) is 0 Å². The number of pyridine rings is 1. The van der Waals surface area contributed by atoms with Gasteiger partial charge in [-0.15, -0.1) is 0 Å². The molecule has 0 amide bonds. The largest absolute Gasteiger partial charge is 0.259 e. The fourth-order valence-electron chi connectivity index (χ4n) is 1.89. The van der Waals surface area contributed by atoms with Crippen LogP contribution >= 0.6 is 0 Å². The van der Waals surface area contributed by atoms with Crippen molar-refractivity contribution >= 4 is 9.73 Å². The van der Waals surface area contributed by atoms with Gasteiger partial charge in [-0.05, 0) is 25.0 Å². The molecule has 4 heteroatoms. The summed E-state index contributed by atoms with van der Waals surface area (Å²) < 4.78 is 16.9. The SMILES string of the molecule is CC(C)(C)c1ccc(S2(=O)=NCCCC2)cn1. The van der Waals surface area contributed by atoms with Crippen molar-refractivity contribution in [3.05, 3.63) is 24.0 Å². The summed E-state index contributed by atoms with van der Waals surface area (Å²) in [5.74, 6) is 0.684. The minimum absolute atomic E-state index is 0.0353. The van der Waals surface area contributed by atoms with E-state index in [0.717, 1.165) is 30.0 Å². The monoisotopic (exact) mass is 252 g/mol. The number of nitrogens with zero attached hydrogens (tertiary/aromatic N) is 2. The van der Waals surface area contributed by atoms with Crippen LogP contribution in [0.1, 0.15) is 39.3 Å². The van der Waals surface area contributed by atoms with E-state index >= 15 is 0 Å². The summed E-state index contributed by atoms with van der Waals surface area (Å²) in [6, 6.07) is 3.91. The summed E-state index contributed by atoms with van der Waals surface area (Å²) in [5.41, 5.74) is 1.06. The first-order valence-electron chi connectivity index (χ1n) is 6.09. The van der Waals surface area contributed by atoms with Crippen molar-refractivity contribution < 1.29 is 4.21 Å². The molecular formula is C13H20N2OS. The molecule has 0 saturated heterocycles. The number of hydrogen-bond acceptors (Lipinski definition) is 3. The van der Waals surface area contributed by atoms with Gasteiger partial charge < -0.3 is 0 Å². The van der Waals surface area contributed by atoms with Crippen LogP contribution in [-0.4, -0.2) is 21.5 Å². The van der Waals surface area contributed by atoms with E-state index in [9.17, 15) is 4.21 Å². The lowest BCUT2D eigenvalue weighted by molar-refractivity contribution is 0.567. The van der Waals surface area contributed by atoms with Gasteiger partial charge in [0.1, 0.15) is 0 Å². The van der Waals surface area contributed by atoms with Crippen LogP contribution in [0.3, 0.4) is 0 Å². The molecule has 0 aromatic carbocycles. The van der Waals surface area contributed by atoms with Gasteiger partial charge in [-0.1, -0.05) is 20.8 Å². The van der Waals surface area contributed by atoms with Crippen molar-refractivity contribution in [1.82, 2.24) is 4.98 Å². The van der Waals surface area contributed by atoms with Crippen LogP contribution in [0.2, 0.25) is 0 Å². The Labute approximate surface area is 104 Å². The topological polar surface area (TPSA) is 42.3 Å². The molecule has 1 atom stereocenters. The molecule has 1 unspecified atom stereocenters. The van der Waals surface area contributed by atoms with Gasteiger partial charge in [-0.2, -0.15) is 0 Å². The van der Waals surface area contributed by atoms with E-state index in [4.69, 9.17) is 0 Å². The van der Waals surface area contributed by atoms with Gasteiger partial charge in [0.2, 0.25) is 0 Å². The maximum absolute atomic E-state index is 12.6. The average Bonchev–Trinajstić information content (AvgIpc) is 2.29. The predicted molar refractivity (Wildman–Crippen MR) is 70.7 cm³/mol. The third kappa shape index (κ3) is 2.68. The fourth-order valence-corrected chi connectivity index (χ4v) is 3.92. The minimum atomic E-state index is -2.17. The number of hydrogen-bond donors (Lipinski definition) is 0. The fraction of sp³-hybridized carbons (Fsp3) is 0.615. The first-order valence-corrected chi connectivity index (χ1v) is 7.77. The zero-order valence-corrected chi connectivity index (χ0v) is 11.6. The maximum atomic E-state index is 12.6. The van der Waals surface area contributed by atoms with Crippen molar-refractivity contribution in [2.24, 2.45) is 4.36 Å². The smallest absolute Gasteiger partial charge is 0.0767 e. The van der Waals surface area contributed by atoms with Crippen LogP contribution in [-0.2, 0) is 15.1 Å². The molecule has 3 nitrogen and oxygen atoms in total. The Bertz CT molecular complexity index is 505. The highest BCUT2D eigenvalue weighted by Gasteiger charge is 2.19. The van der Waals surface area contributed by atoms with E-state index in [1.807, 2.05) is 12.1 Å². The summed E-state index contributed by atoms with van der Waals surface area (Å²) in [4.78, 5) is 5.23. The lowest BCUT2D eigenvalue weighted by Gasteiger charge is -2.19. The van der Waals surface area contributed by atoms with Crippen molar-refractivity contribution in [1.29, 1.82) is 0 Å². The predicted octanol–water partition coefficient (Wildman–Crippen LogP) is 3.00. The lowest BCUT2D eigenvalue weighted by atomic mass is 9.92. The molecule has 0 aliphatic carbocycles. The quantitative estimate of drug-likeness (QED) is 0.771. The first-order chi connectivity index (χ1) is 7.92. The standard InChI is InChI=1S/C13H20N2OS/c1-13(2,3)12-7-6-11(10-14-12)17(16)9-5-4-8-15-17/h6-7,10H,4-5,8-9H2,1-3H3. The Morgan fingerprint density at radius 2 is 2.00 bits per heavy atom. The van der Waals surface area contributed by atoms with Crippen molar-refractivity contribution in [3.8, 4) is 0 Å². The molecule has 1 aliphatic heterocycles. The Morgan fingerprint density at radius 1 is 1.24 bits per heavy atom. The third-order valence-electron chi connectivity index (χ3n) is 3.00. The number of aromatic nitrogens is 1. The zero-order valence-electron chi connectivity index (χ0n) is 10.8. The Kier molecular flexibility index (Phi) is 3.25. The molecule has 0 bridgehead atoms. The Balaban J connectivity index is 2.36. The minimum Gasteiger partial charge on any atom is -0.259 e. The van der Waals surface area contributed by atoms with Crippen LogP contribution in [0, 0.1) is 0 Å². The molecule has 0 saturated carbocycles. The molecule has 0 radical (unpaired) electrons. The molecule has 2 rings (SSSR count). The molecule has 17 heavy (non-hydrogen) atoms. The summed E-state index contributed by atoms with van der Waals surface area (Å²) in [6.45, 7) is 7.10. The Morgan fingerprint density at radius 3 is 2.47 bits per heavy atom. The summed E-state index contributed by atoms with van der Waals surface area (Å²) in [5, 5.41) is 0. The van der Waals surface area contributed by atoms with Crippen LogP contribution in [0.25, 0.3) is 0 Å². The normalized spacial score (nSPS) is 25.4. The maximum Gasteiger partial charge on any atom is 0.0767 e. The lowest BCUT2D eigenvalue weighted by Crippen LogP contribution is -2.16. The number of rotatable bonds is 1. The summed E-state index contributed by atoms with van der Waals surface area (Å²) in [6.07, 6.45) is 3.81. The second kappa shape index (κ2) is 4.41. The molecular weight excluding hydrogens is 232 g/mol.